The molecule has 2 aliphatic heterocycles. The van der Waals surface area contributed by atoms with Gasteiger partial charge >= 0.3 is 6.03 Å². The molecule has 0 aliphatic carbocycles. The van der Waals surface area contributed by atoms with E-state index < -0.39 is 6.04 Å². The van der Waals surface area contributed by atoms with E-state index in [9.17, 15) is 9.59 Å². The predicted octanol–water partition coefficient (Wildman–Crippen LogP) is 1.57. The molecule has 2 aliphatic rings. The molecule has 0 unspecified atom stereocenters. The normalized spacial score (nSPS) is 25.8. The van der Waals surface area contributed by atoms with Gasteiger partial charge in [0.1, 0.15) is 6.04 Å². The summed E-state index contributed by atoms with van der Waals surface area (Å²) in [6, 6.07) is -0.742. The Morgan fingerprint density at radius 2 is 1.62 bits per heavy atom. The minimum Gasteiger partial charge on any atom is -0.341 e. The van der Waals surface area contributed by atoms with E-state index in [0.717, 1.165) is 39.0 Å². The summed E-state index contributed by atoms with van der Waals surface area (Å²) in [5.41, 5.74) is -0.318. The van der Waals surface area contributed by atoms with E-state index in [4.69, 9.17) is 0 Å². The Kier molecular flexibility index (Phi) is 6.12. The minimum absolute atomic E-state index is 0.0574. The van der Waals surface area contributed by atoms with E-state index in [1.807, 2.05) is 39.5 Å². The molecule has 3 atom stereocenters. The highest BCUT2D eigenvalue weighted by Crippen LogP contribution is 2.27. The van der Waals surface area contributed by atoms with Gasteiger partial charge in [-0.15, -0.1) is 0 Å². The van der Waals surface area contributed by atoms with Gasteiger partial charge in [-0.2, -0.15) is 0 Å². The Morgan fingerprint density at radius 1 is 1.08 bits per heavy atom. The molecule has 24 heavy (non-hydrogen) atoms. The van der Waals surface area contributed by atoms with E-state index in [2.05, 4.69) is 16.0 Å². The smallest absolute Gasteiger partial charge is 0.315 e. The van der Waals surface area contributed by atoms with Gasteiger partial charge in [-0.1, -0.05) is 13.8 Å². The molecule has 0 saturated carbocycles. The number of hydrogen-bond acceptors (Lipinski definition) is 3. The van der Waals surface area contributed by atoms with Crippen molar-refractivity contribution in [2.45, 2.75) is 59.0 Å². The zero-order valence-electron chi connectivity index (χ0n) is 15.8. The fourth-order valence-electron chi connectivity index (χ4n) is 3.67. The molecule has 3 amide bonds. The second-order valence-corrected chi connectivity index (χ2v) is 8.65. The number of nitrogens with zero attached hydrogens (tertiary/aromatic N) is 1. The maximum atomic E-state index is 13.0. The number of nitrogens with one attached hydrogen (secondary N) is 3. The summed E-state index contributed by atoms with van der Waals surface area (Å²) in [5.74, 6) is 1.50. The van der Waals surface area contributed by atoms with Crippen LogP contribution >= 0.6 is 0 Å². The van der Waals surface area contributed by atoms with Crippen LogP contribution in [0.1, 0.15) is 47.5 Å². The first kappa shape index (κ1) is 19.0. The third-order valence-electron chi connectivity index (χ3n) is 5.04. The molecule has 6 heteroatoms. The van der Waals surface area contributed by atoms with Crippen LogP contribution in [-0.4, -0.2) is 54.6 Å². The topological polar surface area (TPSA) is 73.5 Å². The van der Waals surface area contributed by atoms with Gasteiger partial charge in [-0.05, 0) is 64.5 Å². The van der Waals surface area contributed by atoms with Gasteiger partial charge in [0.15, 0.2) is 0 Å². The van der Waals surface area contributed by atoms with Gasteiger partial charge < -0.3 is 20.9 Å². The van der Waals surface area contributed by atoms with E-state index in [0.29, 0.717) is 11.8 Å². The Balaban J connectivity index is 1.97. The number of carbonyl (C=O) groups is 2. The maximum absolute atomic E-state index is 13.0. The lowest BCUT2D eigenvalue weighted by Gasteiger charge is -2.30. The highest BCUT2D eigenvalue weighted by atomic mass is 16.2. The molecule has 0 spiro atoms. The number of fused-ring (bicyclic) bond motifs is 1. The largest absolute Gasteiger partial charge is 0.341 e. The van der Waals surface area contributed by atoms with Crippen molar-refractivity contribution < 1.29 is 9.59 Å². The van der Waals surface area contributed by atoms with Crippen LogP contribution in [0.5, 0.6) is 0 Å². The first-order valence-electron chi connectivity index (χ1n) is 9.25. The molecule has 0 aromatic carbocycles. The zero-order chi connectivity index (χ0) is 17.9. The molecule has 2 heterocycles. The lowest BCUT2D eigenvalue weighted by molar-refractivity contribution is -0.134. The van der Waals surface area contributed by atoms with Crippen LogP contribution in [0.15, 0.2) is 0 Å². The second kappa shape index (κ2) is 7.72. The van der Waals surface area contributed by atoms with Gasteiger partial charge in [0, 0.05) is 18.6 Å². The van der Waals surface area contributed by atoms with Crippen LogP contribution < -0.4 is 16.0 Å². The van der Waals surface area contributed by atoms with Crippen molar-refractivity contribution in [3.05, 3.63) is 0 Å². The van der Waals surface area contributed by atoms with Crippen molar-refractivity contribution in [2.24, 2.45) is 17.8 Å². The van der Waals surface area contributed by atoms with Gasteiger partial charge in [0.25, 0.3) is 0 Å². The second-order valence-electron chi connectivity index (χ2n) is 8.65. The highest BCUT2D eigenvalue weighted by Gasteiger charge is 2.34. The molecule has 0 bridgehead atoms. The Morgan fingerprint density at radius 3 is 2.08 bits per heavy atom. The van der Waals surface area contributed by atoms with Crippen LogP contribution in [0.4, 0.5) is 4.79 Å². The Bertz CT molecular complexity index is 444. The van der Waals surface area contributed by atoms with Gasteiger partial charge in [-0.3, -0.25) is 4.79 Å². The molecule has 2 fully saturated rings. The van der Waals surface area contributed by atoms with Crippen molar-refractivity contribution in [3.63, 3.8) is 0 Å². The van der Waals surface area contributed by atoms with E-state index >= 15 is 0 Å². The lowest BCUT2D eigenvalue weighted by atomic mass is 9.92. The molecule has 3 N–H and O–H groups in total. The fourth-order valence-corrected chi connectivity index (χ4v) is 3.67. The molecule has 6 nitrogen and oxygen atoms in total. The SMILES string of the molecule is CC(C)[C@H](NC(=O)NC(C)(C)C)C(=O)N1CC[C@@H]2CNC[C@@H]2CC1. The van der Waals surface area contributed by atoms with Gasteiger partial charge in [0.2, 0.25) is 5.91 Å². The summed E-state index contributed by atoms with van der Waals surface area (Å²) in [5, 5.41) is 9.22. The highest BCUT2D eigenvalue weighted by molar-refractivity contribution is 5.87. The van der Waals surface area contributed by atoms with Crippen LogP contribution in [-0.2, 0) is 4.79 Å². The van der Waals surface area contributed by atoms with Crippen LogP contribution in [0, 0.1) is 17.8 Å². The molecular weight excluding hydrogens is 304 g/mol. The summed E-state index contributed by atoms with van der Waals surface area (Å²) in [4.78, 5) is 27.1. The average Bonchev–Trinajstić information content (AvgIpc) is 2.81. The molecule has 2 rings (SSSR count). The van der Waals surface area contributed by atoms with Gasteiger partial charge in [0.05, 0.1) is 0 Å². The summed E-state index contributed by atoms with van der Waals surface area (Å²) in [6.07, 6.45) is 2.12. The Labute approximate surface area is 146 Å². The first-order valence-corrected chi connectivity index (χ1v) is 9.25. The lowest BCUT2D eigenvalue weighted by Crippen LogP contribution is -2.56. The summed E-state index contributed by atoms with van der Waals surface area (Å²) >= 11 is 0. The molecular formula is C18H34N4O2. The number of likely N-dealkylation sites (tertiary alicyclic amines) is 1. The molecule has 0 radical (unpaired) electrons. The maximum Gasteiger partial charge on any atom is 0.315 e. The van der Waals surface area contributed by atoms with Crippen LogP contribution in [0.25, 0.3) is 0 Å². The molecule has 0 aromatic heterocycles. The van der Waals surface area contributed by atoms with Crippen molar-refractivity contribution in [3.8, 4) is 0 Å². The van der Waals surface area contributed by atoms with Crippen molar-refractivity contribution in [1.82, 2.24) is 20.9 Å². The van der Waals surface area contributed by atoms with E-state index in [1.165, 1.54) is 0 Å². The summed E-state index contributed by atoms with van der Waals surface area (Å²) in [6.45, 7) is 13.5. The monoisotopic (exact) mass is 338 g/mol. The number of urea groups is 1. The quantitative estimate of drug-likeness (QED) is 0.731. The van der Waals surface area contributed by atoms with Crippen molar-refractivity contribution in [1.29, 1.82) is 0 Å². The van der Waals surface area contributed by atoms with E-state index in [1.54, 1.807) is 0 Å². The number of amides is 3. The van der Waals surface area contributed by atoms with Gasteiger partial charge in [-0.25, -0.2) is 4.79 Å². The number of carbonyl (C=O) groups excluding carboxylic acids is 2. The van der Waals surface area contributed by atoms with E-state index in [-0.39, 0.29) is 23.4 Å². The van der Waals surface area contributed by atoms with Crippen LogP contribution in [0.3, 0.4) is 0 Å². The zero-order valence-corrected chi connectivity index (χ0v) is 15.8. The first-order chi connectivity index (χ1) is 11.2. The average molecular weight is 338 g/mol. The minimum atomic E-state index is -0.469. The summed E-state index contributed by atoms with van der Waals surface area (Å²) < 4.78 is 0. The number of rotatable bonds is 3. The fraction of sp³-hybridized carbons (Fsp3) is 0.889. The third-order valence-corrected chi connectivity index (χ3v) is 5.04. The van der Waals surface area contributed by atoms with Crippen molar-refractivity contribution >= 4 is 11.9 Å². The predicted molar refractivity (Wildman–Crippen MR) is 95.7 cm³/mol. The third kappa shape index (κ3) is 5.10. The molecule has 0 aromatic rings. The molecule has 138 valence electrons. The van der Waals surface area contributed by atoms with Crippen LogP contribution in [0.2, 0.25) is 0 Å². The number of hydrogen-bond donors (Lipinski definition) is 3. The van der Waals surface area contributed by atoms with Crippen molar-refractivity contribution in [2.75, 3.05) is 26.2 Å². The molecule has 2 saturated heterocycles. The summed E-state index contributed by atoms with van der Waals surface area (Å²) in [7, 11) is 0. The standard InChI is InChI=1S/C18H34N4O2/c1-12(2)15(20-17(24)21-18(3,4)5)16(23)22-8-6-13-10-19-11-14(13)7-9-22/h12-15,19H,6-11H2,1-5H3,(H2,20,21,24)/t13-,14+,15-/m0/s1. The Hall–Kier alpha value is -1.30.